The molecule has 1 N–H and O–H groups in total. The fourth-order valence-electron chi connectivity index (χ4n) is 3.46. The molecule has 1 aromatic heterocycles. The number of hydrogen-bond acceptors (Lipinski definition) is 4. The normalized spacial score (nSPS) is 14.0. The van der Waals surface area contributed by atoms with Gasteiger partial charge >= 0.3 is 0 Å². The van der Waals surface area contributed by atoms with Crippen LogP contribution in [0.4, 0.5) is 15.9 Å². The maximum atomic E-state index is 13.7. The third-order valence-corrected chi connectivity index (χ3v) is 5.13. The number of aromatic nitrogens is 1. The van der Waals surface area contributed by atoms with Gasteiger partial charge < -0.3 is 15.1 Å². The molecule has 6 heteroatoms. The van der Waals surface area contributed by atoms with Crippen LogP contribution in [0.3, 0.4) is 0 Å². The highest BCUT2D eigenvalue weighted by Crippen LogP contribution is 2.19. The lowest BCUT2D eigenvalue weighted by atomic mass is 10.2. The molecular formula is C23H23FN4O. The van der Waals surface area contributed by atoms with E-state index in [1.807, 2.05) is 12.1 Å². The lowest BCUT2D eigenvalue weighted by Crippen LogP contribution is -2.46. The Balaban J connectivity index is 1.32. The molecule has 0 radical (unpaired) electrons. The van der Waals surface area contributed by atoms with Crippen LogP contribution < -0.4 is 15.1 Å². The topological polar surface area (TPSA) is 48.5 Å². The van der Waals surface area contributed by atoms with Crippen LogP contribution in [0.15, 0.2) is 72.9 Å². The lowest BCUT2D eigenvalue weighted by molar-refractivity contribution is 0.0950. The van der Waals surface area contributed by atoms with Crippen molar-refractivity contribution < 1.29 is 9.18 Å². The maximum absolute atomic E-state index is 13.7. The van der Waals surface area contributed by atoms with E-state index in [-0.39, 0.29) is 18.3 Å². The molecule has 0 saturated carbocycles. The van der Waals surface area contributed by atoms with E-state index in [4.69, 9.17) is 0 Å². The molecule has 3 aromatic rings. The quantitative estimate of drug-likeness (QED) is 0.725. The van der Waals surface area contributed by atoms with Gasteiger partial charge in [0.1, 0.15) is 11.6 Å². The second kappa shape index (κ2) is 8.73. The van der Waals surface area contributed by atoms with Gasteiger partial charge in [-0.05, 0) is 30.3 Å². The number of amides is 1. The van der Waals surface area contributed by atoms with E-state index in [0.29, 0.717) is 11.1 Å². The zero-order valence-electron chi connectivity index (χ0n) is 16.1. The van der Waals surface area contributed by atoms with Crippen LogP contribution in [-0.2, 0) is 6.54 Å². The van der Waals surface area contributed by atoms with Crippen LogP contribution in [0, 0.1) is 5.82 Å². The summed E-state index contributed by atoms with van der Waals surface area (Å²) in [5.74, 6) is 0.278. The summed E-state index contributed by atoms with van der Waals surface area (Å²) in [5, 5.41) is 2.74. The number of nitrogens with zero attached hydrogens (tertiary/aromatic N) is 3. The van der Waals surface area contributed by atoms with Crippen LogP contribution in [0.5, 0.6) is 0 Å². The van der Waals surface area contributed by atoms with E-state index in [9.17, 15) is 9.18 Å². The number of rotatable bonds is 5. The molecule has 0 aliphatic carbocycles. The minimum absolute atomic E-state index is 0.148. The number of anilines is 2. The molecule has 0 bridgehead atoms. The Bertz CT molecular complexity index is 954. The van der Waals surface area contributed by atoms with E-state index in [2.05, 4.69) is 44.4 Å². The van der Waals surface area contributed by atoms with Crippen molar-refractivity contribution >= 4 is 17.4 Å². The van der Waals surface area contributed by atoms with Gasteiger partial charge in [-0.3, -0.25) is 4.79 Å². The van der Waals surface area contributed by atoms with E-state index < -0.39 is 0 Å². The molecule has 1 fully saturated rings. The highest BCUT2D eigenvalue weighted by Gasteiger charge is 2.18. The zero-order chi connectivity index (χ0) is 20.1. The summed E-state index contributed by atoms with van der Waals surface area (Å²) in [5.41, 5.74) is 2.16. The standard InChI is InChI=1S/C23H23FN4O/c24-21-9-5-4-6-18(21)16-26-23(29)19-10-11-22(25-17-19)28-14-12-27(13-15-28)20-7-2-1-3-8-20/h1-11,17H,12-16H2,(H,26,29). The molecule has 0 unspecified atom stereocenters. The predicted molar refractivity (Wildman–Crippen MR) is 113 cm³/mol. The summed E-state index contributed by atoms with van der Waals surface area (Å²) < 4.78 is 13.7. The first kappa shape index (κ1) is 18.9. The Hall–Kier alpha value is -3.41. The van der Waals surface area contributed by atoms with E-state index in [1.54, 1.807) is 30.5 Å². The predicted octanol–water partition coefficient (Wildman–Crippen LogP) is 3.48. The Morgan fingerprint density at radius 3 is 2.28 bits per heavy atom. The molecule has 0 atom stereocenters. The Morgan fingerprint density at radius 2 is 1.59 bits per heavy atom. The zero-order valence-corrected chi connectivity index (χ0v) is 16.1. The summed E-state index contributed by atoms with van der Waals surface area (Å²) in [7, 11) is 0. The van der Waals surface area contributed by atoms with Crippen molar-refractivity contribution in [3.05, 3.63) is 89.9 Å². The highest BCUT2D eigenvalue weighted by molar-refractivity contribution is 5.94. The summed E-state index contributed by atoms with van der Waals surface area (Å²) in [4.78, 5) is 21.4. The molecular weight excluding hydrogens is 367 g/mol. The van der Waals surface area contributed by atoms with Gasteiger partial charge in [0.2, 0.25) is 0 Å². The molecule has 4 rings (SSSR count). The van der Waals surface area contributed by atoms with Crippen LogP contribution in [0.25, 0.3) is 0 Å². The number of carbonyl (C=O) groups is 1. The number of hydrogen-bond donors (Lipinski definition) is 1. The molecule has 148 valence electrons. The first-order valence-electron chi connectivity index (χ1n) is 9.73. The van der Waals surface area contributed by atoms with Crippen LogP contribution in [0.2, 0.25) is 0 Å². The smallest absolute Gasteiger partial charge is 0.253 e. The van der Waals surface area contributed by atoms with Crippen LogP contribution in [0.1, 0.15) is 15.9 Å². The molecule has 29 heavy (non-hydrogen) atoms. The molecule has 1 aliphatic rings. The molecule has 2 aromatic carbocycles. The Labute approximate surface area is 169 Å². The number of para-hydroxylation sites is 1. The van der Waals surface area contributed by atoms with E-state index >= 15 is 0 Å². The average molecular weight is 390 g/mol. The van der Waals surface area contributed by atoms with Crippen LogP contribution in [-0.4, -0.2) is 37.1 Å². The molecule has 1 aliphatic heterocycles. The fraction of sp³-hybridized carbons (Fsp3) is 0.217. The number of benzene rings is 2. The largest absolute Gasteiger partial charge is 0.368 e. The lowest BCUT2D eigenvalue weighted by Gasteiger charge is -2.36. The minimum atomic E-state index is -0.323. The first-order chi connectivity index (χ1) is 14.2. The monoisotopic (exact) mass is 390 g/mol. The molecule has 2 heterocycles. The summed E-state index contributed by atoms with van der Waals surface area (Å²) in [6.07, 6.45) is 1.58. The van der Waals surface area contributed by atoms with Crippen LogP contribution >= 0.6 is 0 Å². The van der Waals surface area contributed by atoms with Crippen molar-refractivity contribution in [3.8, 4) is 0 Å². The van der Waals surface area contributed by atoms with Crippen molar-refractivity contribution in [1.82, 2.24) is 10.3 Å². The van der Waals surface area contributed by atoms with Crippen molar-refractivity contribution in [1.29, 1.82) is 0 Å². The average Bonchev–Trinajstić information content (AvgIpc) is 2.79. The van der Waals surface area contributed by atoms with Crippen molar-refractivity contribution in [2.45, 2.75) is 6.54 Å². The highest BCUT2D eigenvalue weighted by atomic mass is 19.1. The number of piperazine rings is 1. The second-order valence-corrected chi connectivity index (χ2v) is 6.99. The van der Waals surface area contributed by atoms with Gasteiger partial charge in [0.05, 0.1) is 5.56 Å². The van der Waals surface area contributed by atoms with E-state index in [0.717, 1.165) is 32.0 Å². The van der Waals surface area contributed by atoms with Crippen molar-refractivity contribution in [3.63, 3.8) is 0 Å². The Kier molecular flexibility index (Phi) is 5.70. The maximum Gasteiger partial charge on any atom is 0.253 e. The van der Waals surface area contributed by atoms with Crippen molar-refractivity contribution in [2.75, 3.05) is 36.0 Å². The number of pyridine rings is 1. The summed E-state index contributed by atoms with van der Waals surface area (Å²) in [6, 6.07) is 20.4. The van der Waals surface area contributed by atoms with Gasteiger partial charge in [-0.25, -0.2) is 9.37 Å². The Morgan fingerprint density at radius 1 is 0.897 bits per heavy atom. The van der Waals surface area contributed by atoms with Gasteiger partial charge in [-0.1, -0.05) is 36.4 Å². The fourth-order valence-corrected chi connectivity index (χ4v) is 3.46. The molecule has 0 spiro atoms. The number of halogens is 1. The number of carbonyl (C=O) groups excluding carboxylic acids is 1. The SMILES string of the molecule is O=C(NCc1ccccc1F)c1ccc(N2CCN(c3ccccc3)CC2)nc1. The van der Waals surface area contributed by atoms with E-state index in [1.165, 1.54) is 11.8 Å². The van der Waals surface area contributed by atoms with Gasteiger partial charge in [-0.15, -0.1) is 0 Å². The third-order valence-electron chi connectivity index (χ3n) is 5.13. The third kappa shape index (κ3) is 4.54. The van der Waals surface area contributed by atoms with Gasteiger partial charge in [0.15, 0.2) is 0 Å². The van der Waals surface area contributed by atoms with Gasteiger partial charge in [0, 0.05) is 50.2 Å². The van der Waals surface area contributed by atoms with Crippen molar-refractivity contribution in [2.24, 2.45) is 0 Å². The van der Waals surface area contributed by atoms with Gasteiger partial charge in [0.25, 0.3) is 5.91 Å². The molecule has 1 amide bonds. The number of nitrogens with one attached hydrogen (secondary N) is 1. The first-order valence-corrected chi connectivity index (χ1v) is 9.73. The second-order valence-electron chi connectivity index (χ2n) is 6.99. The minimum Gasteiger partial charge on any atom is -0.368 e. The molecule has 1 saturated heterocycles. The summed E-state index contributed by atoms with van der Waals surface area (Å²) >= 11 is 0. The summed E-state index contributed by atoms with van der Waals surface area (Å²) in [6.45, 7) is 3.75. The molecule has 5 nitrogen and oxygen atoms in total. The van der Waals surface area contributed by atoms with Gasteiger partial charge in [-0.2, -0.15) is 0 Å².